The van der Waals surface area contributed by atoms with Crippen molar-refractivity contribution >= 4 is 31.4 Å². The summed E-state index contributed by atoms with van der Waals surface area (Å²) in [7, 11) is -7.17. The number of hydrogen-bond acceptors (Lipinski definition) is 5. The first-order valence-electron chi connectivity index (χ1n) is 7.51. The maximum atomic E-state index is 12.6. The monoisotopic (exact) mass is 382 g/mol. The van der Waals surface area contributed by atoms with Gasteiger partial charge >= 0.3 is 0 Å². The van der Waals surface area contributed by atoms with Crippen molar-refractivity contribution < 1.29 is 21.6 Å². The predicted molar refractivity (Wildman–Crippen MR) is 96.1 cm³/mol. The van der Waals surface area contributed by atoms with Crippen LogP contribution in [-0.2, 0) is 20.0 Å². The van der Waals surface area contributed by atoms with Crippen LogP contribution >= 0.6 is 0 Å². The van der Waals surface area contributed by atoms with Crippen molar-refractivity contribution in [2.75, 3.05) is 28.4 Å². The molecule has 0 saturated carbocycles. The maximum absolute atomic E-state index is 12.6. The summed E-state index contributed by atoms with van der Waals surface area (Å²) < 4.78 is 58.0. The number of rotatable bonds is 4. The molecule has 0 bridgehead atoms. The van der Waals surface area contributed by atoms with Crippen molar-refractivity contribution in [2.24, 2.45) is 0 Å². The Kier molecular flexibility index (Phi) is 4.38. The summed E-state index contributed by atoms with van der Waals surface area (Å²) in [4.78, 5) is 0.186. The van der Waals surface area contributed by atoms with E-state index in [9.17, 15) is 16.8 Å². The lowest BCUT2D eigenvalue weighted by atomic mass is 10.2. The number of nitrogens with one attached hydrogen (secondary N) is 1. The third-order valence-electron chi connectivity index (χ3n) is 3.82. The van der Waals surface area contributed by atoms with E-state index in [0.717, 1.165) is 6.26 Å². The van der Waals surface area contributed by atoms with Gasteiger partial charge in [-0.05, 0) is 30.7 Å². The van der Waals surface area contributed by atoms with Crippen molar-refractivity contribution in [3.63, 3.8) is 0 Å². The highest BCUT2D eigenvalue weighted by atomic mass is 32.2. The summed E-state index contributed by atoms with van der Waals surface area (Å²) >= 11 is 0. The van der Waals surface area contributed by atoms with Crippen LogP contribution in [0.5, 0.6) is 5.75 Å². The van der Waals surface area contributed by atoms with Gasteiger partial charge in [-0.2, -0.15) is 0 Å². The average molecular weight is 382 g/mol. The molecule has 7 nitrogen and oxygen atoms in total. The van der Waals surface area contributed by atoms with E-state index in [1.54, 1.807) is 25.1 Å². The molecule has 0 aliphatic carbocycles. The molecule has 25 heavy (non-hydrogen) atoms. The molecule has 0 saturated heterocycles. The molecule has 0 aromatic heterocycles. The minimum Gasteiger partial charge on any atom is -0.489 e. The van der Waals surface area contributed by atoms with Crippen LogP contribution in [-0.4, -0.2) is 36.2 Å². The zero-order valence-corrected chi connectivity index (χ0v) is 15.4. The van der Waals surface area contributed by atoms with E-state index in [1.807, 2.05) is 0 Å². The number of anilines is 2. The molecule has 1 heterocycles. The first-order valence-corrected chi connectivity index (χ1v) is 10.8. The largest absolute Gasteiger partial charge is 0.489 e. The summed E-state index contributed by atoms with van der Waals surface area (Å²) in [5.41, 5.74) is 1.33. The second kappa shape index (κ2) is 6.23. The normalized spacial score (nSPS) is 14.6. The van der Waals surface area contributed by atoms with E-state index < -0.39 is 20.0 Å². The van der Waals surface area contributed by atoms with Gasteiger partial charge in [0.05, 0.1) is 29.1 Å². The zero-order valence-electron chi connectivity index (χ0n) is 13.8. The fraction of sp³-hybridized carbons (Fsp3) is 0.250. The Balaban J connectivity index is 1.95. The molecule has 0 amide bonds. The van der Waals surface area contributed by atoms with Gasteiger partial charge < -0.3 is 4.74 Å². The van der Waals surface area contributed by atoms with Gasteiger partial charge in [0.1, 0.15) is 12.4 Å². The van der Waals surface area contributed by atoms with Crippen LogP contribution in [0, 0.1) is 6.92 Å². The molecule has 0 radical (unpaired) electrons. The second-order valence-electron chi connectivity index (χ2n) is 5.74. The number of fused-ring (bicyclic) bond motifs is 1. The molecular weight excluding hydrogens is 364 g/mol. The Labute approximate surface area is 147 Å². The topological polar surface area (TPSA) is 92.8 Å². The van der Waals surface area contributed by atoms with Crippen molar-refractivity contribution in [3.8, 4) is 5.75 Å². The van der Waals surface area contributed by atoms with Gasteiger partial charge in [0.25, 0.3) is 10.0 Å². The fourth-order valence-electron chi connectivity index (χ4n) is 2.67. The standard InChI is InChI=1S/C16H18N2O5S2/c1-12-5-3-4-6-16(12)25(21,22)17-13-7-8-14-15(11-13)23-10-9-18(14)24(2,19)20/h3-8,11,17H,9-10H2,1-2H3. The SMILES string of the molecule is Cc1ccccc1S(=O)(=O)Nc1ccc2c(c1)OCCN2S(C)(=O)=O. The van der Waals surface area contributed by atoms with Crippen LogP contribution < -0.4 is 13.8 Å². The summed E-state index contributed by atoms with van der Waals surface area (Å²) in [5.74, 6) is 0.321. The van der Waals surface area contributed by atoms with Crippen LogP contribution in [0.4, 0.5) is 11.4 Å². The van der Waals surface area contributed by atoms with E-state index in [4.69, 9.17) is 4.74 Å². The van der Waals surface area contributed by atoms with Crippen LogP contribution in [0.2, 0.25) is 0 Å². The van der Waals surface area contributed by atoms with Gasteiger partial charge in [0.15, 0.2) is 0 Å². The summed E-state index contributed by atoms with van der Waals surface area (Å²) in [6.07, 6.45) is 1.12. The van der Waals surface area contributed by atoms with E-state index in [0.29, 0.717) is 22.7 Å². The van der Waals surface area contributed by atoms with E-state index in [1.165, 1.54) is 28.6 Å². The van der Waals surface area contributed by atoms with E-state index in [-0.39, 0.29) is 18.0 Å². The number of hydrogen-bond donors (Lipinski definition) is 1. The number of sulfonamides is 2. The van der Waals surface area contributed by atoms with Crippen LogP contribution in [0.15, 0.2) is 47.4 Å². The minimum absolute atomic E-state index is 0.186. The molecule has 3 rings (SSSR count). The number of nitrogens with zero attached hydrogens (tertiary/aromatic N) is 1. The van der Waals surface area contributed by atoms with Gasteiger partial charge in [-0.15, -0.1) is 0 Å². The Bertz CT molecular complexity index is 1020. The van der Waals surface area contributed by atoms with Crippen molar-refractivity contribution in [1.29, 1.82) is 0 Å². The van der Waals surface area contributed by atoms with Crippen molar-refractivity contribution in [3.05, 3.63) is 48.0 Å². The van der Waals surface area contributed by atoms with E-state index in [2.05, 4.69) is 4.72 Å². The average Bonchev–Trinajstić information content (AvgIpc) is 2.53. The van der Waals surface area contributed by atoms with Crippen molar-refractivity contribution in [1.82, 2.24) is 0 Å². The third kappa shape index (κ3) is 3.57. The number of aryl methyl sites for hydroxylation is 1. The number of ether oxygens (including phenoxy) is 1. The highest BCUT2D eigenvalue weighted by Crippen LogP contribution is 2.36. The predicted octanol–water partition coefficient (Wildman–Crippen LogP) is 1.95. The molecule has 1 aliphatic heterocycles. The van der Waals surface area contributed by atoms with Crippen molar-refractivity contribution in [2.45, 2.75) is 11.8 Å². The molecule has 9 heteroatoms. The lowest BCUT2D eigenvalue weighted by molar-refractivity contribution is 0.316. The Morgan fingerprint density at radius 2 is 1.80 bits per heavy atom. The lowest BCUT2D eigenvalue weighted by Gasteiger charge is -2.29. The molecule has 0 fully saturated rings. The van der Waals surface area contributed by atoms with Gasteiger partial charge in [-0.3, -0.25) is 9.03 Å². The Morgan fingerprint density at radius 1 is 1.08 bits per heavy atom. The van der Waals surface area contributed by atoms with Crippen LogP contribution in [0.25, 0.3) is 0 Å². The quantitative estimate of drug-likeness (QED) is 0.872. The molecule has 0 atom stereocenters. The van der Waals surface area contributed by atoms with Gasteiger partial charge in [0.2, 0.25) is 10.0 Å². The second-order valence-corrected chi connectivity index (χ2v) is 9.29. The number of benzene rings is 2. The highest BCUT2D eigenvalue weighted by Gasteiger charge is 2.26. The third-order valence-corrected chi connectivity index (χ3v) is 6.54. The molecular formula is C16H18N2O5S2. The lowest BCUT2D eigenvalue weighted by Crippen LogP contribution is -2.37. The first kappa shape index (κ1) is 17.6. The molecule has 134 valence electrons. The molecule has 0 spiro atoms. The molecule has 2 aromatic carbocycles. The van der Waals surface area contributed by atoms with Gasteiger partial charge in [0, 0.05) is 6.07 Å². The minimum atomic E-state index is -3.75. The fourth-order valence-corrected chi connectivity index (χ4v) is 4.88. The Hall–Kier alpha value is -2.26. The Morgan fingerprint density at radius 3 is 2.48 bits per heavy atom. The first-order chi connectivity index (χ1) is 11.7. The molecule has 1 N–H and O–H groups in total. The molecule has 1 aliphatic rings. The zero-order chi connectivity index (χ0) is 18.2. The van der Waals surface area contributed by atoms with Gasteiger partial charge in [-0.25, -0.2) is 16.8 Å². The summed E-state index contributed by atoms with van der Waals surface area (Å²) in [6, 6.07) is 11.2. The van der Waals surface area contributed by atoms with Crippen LogP contribution in [0.3, 0.4) is 0 Å². The summed E-state index contributed by atoms with van der Waals surface area (Å²) in [5, 5.41) is 0. The smallest absolute Gasteiger partial charge is 0.262 e. The summed E-state index contributed by atoms with van der Waals surface area (Å²) in [6.45, 7) is 2.14. The molecule has 0 unspecified atom stereocenters. The van der Waals surface area contributed by atoms with Crippen LogP contribution in [0.1, 0.15) is 5.56 Å². The highest BCUT2D eigenvalue weighted by molar-refractivity contribution is 7.92. The molecule has 2 aromatic rings. The maximum Gasteiger partial charge on any atom is 0.262 e. The van der Waals surface area contributed by atoms with Gasteiger partial charge in [-0.1, -0.05) is 18.2 Å². The van der Waals surface area contributed by atoms with E-state index >= 15 is 0 Å².